The third-order valence-electron chi connectivity index (χ3n) is 4.38. The highest BCUT2D eigenvalue weighted by Gasteiger charge is 2.24. The maximum Gasteiger partial charge on any atom is 0.355 e. The zero-order chi connectivity index (χ0) is 18.9. The van der Waals surface area contributed by atoms with Gasteiger partial charge in [0.25, 0.3) is 0 Å². The van der Waals surface area contributed by atoms with Gasteiger partial charge in [-0.1, -0.05) is 6.07 Å². The fourth-order valence-corrected chi connectivity index (χ4v) is 2.68. The van der Waals surface area contributed by atoms with E-state index in [9.17, 15) is 14.4 Å². The van der Waals surface area contributed by atoms with Crippen LogP contribution in [-0.4, -0.2) is 28.2 Å². The number of nitrogens with zero attached hydrogens (tertiary/aromatic N) is 1. The van der Waals surface area contributed by atoms with Crippen molar-refractivity contribution in [1.82, 2.24) is 4.57 Å². The summed E-state index contributed by atoms with van der Waals surface area (Å²) in [6.07, 6.45) is 0.655. The summed E-state index contributed by atoms with van der Waals surface area (Å²) in [4.78, 5) is 36.4. The molecule has 0 unspecified atom stereocenters. The van der Waals surface area contributed by atoms with Crippen molar-refractivity contribution < 1.29 is 19.1 Å². The van der Waals surface area contributed by atoms with Crippen LogP contribution in [0.25, 0.3) is 0 Å². The van der Waals surface area contributed by atoms with Gasteiger partial charge in [0.1, 0.15) is 5.69 Å². The molecule has 1 aromatic heterocycles. The first-order chi connectivity index (χ1) is 11.6. The van der Waals surface area contributed by atoms with E-state index in [0.717, 1.165) is 16.7 Å². The number of hydrogen-bond donors (Lipinski definition) is 0. The van der Waals surface area contributed by atoms with E-state index in [1.54, 1.807) is 20.2 Å². The Morgan fingerprint density at radius 3 is 2.16 bits per heavy atom. The lowest BCUT2D eigenvalue weighted by Crippen LogP contribution is -2.26. The lowest BCUT2D eigenvalue weighted by molar-refractivity contribution is 0.0309. The molecule has 0 radical (unpaired) electrons. The lowest BCUT2D eigenvalue weighted by atomic mass is 9.96. The minimum Gasteiger partial charge on any atom is -0.450 e. The van der Waals surface area contributed by atoms with Crippen molar-refractivity contribution in [3.8, 4) is 0 Å². The second-order valence-corrected chi connectivity index (χ2v) is 6.44. The van der Waals surface area contributed by atoms with Gasteiger partial charge in [-0.3, -0.25) is 9.59 Å². The zero-order valence-electron chi connectivity index (χ0n) is 15.5. The summed E-state index contributed by atoms with van der Waals surface area (Å²) in [6, 6.07) is 5.25. The average Bonchev–Trinajstić information content (AvgIpc) is 2.92. The summed E-state index contributed by atoms with van der Waals surface area (Å²) in [5.41, 5.74) is 4.20. The molecule has 0 N–H and O–H groups in total. The molecule has 0 aliphatic heterocycles. The number of carbonyl (C=O) groups excluding carboxylic acids is 3. The fourth-order valence-electron chi connectivity index (χ4n) is 2.68. The minimum atomic E-state index is -0.913. The minimum absolute atomic E-state index is 0.135. The number of ketones is 2. The van der Waals surface area contributed by atoms with Crippen LogP contribution in [0.3, 0.4) is 0 Å². The van der Waals surface area contributed by atoms with Gasteiger partial charge >= 0.3 is 5.97 Å². The molecule has 1 heterocycles. The molecular weight excluding hydrogens is 318 g/mol. The Kier molecular flexibility index (Phi) is 5.26. The second-order valence-electron chi connectivity index (χ2n) is 6.44. The molecule has 0 spiro atoms. The summed E-state index contributed by atoms with van der Waals surface area (Å²) in [5, 5.41) is 0. The number of rotatable bonds is 5. The number of ether oxygens (including phenoxy) is 1. The van der Waals surface area contributed by atoms with Crippen molar-refractivity contribution in [2.45, 2.75) is 40.7 Å². The van der Waals surface area contributed by atoms with Crippen LogP contribution in [-0.2, 0) is 11.8 Å². The summed E-state index contributed by atoms with van der Waals surface area (Å²) in [7, 11) is 1.66. The van der Waals surface area contributed by atoms with Gasteiger partial charge in [0.2, 0.25) is 5.78 Å². The van der Waals surface area contributed by atoms with Gasteiger partial charge < -0.3 is 9.30 Å². The number of aryl methyl sites for hydroxylation is 4. The standard InChI is InChI=1S/C20H23NO4/c1-11-7-13(3)17(8-12(11)2)19(23)15(5)25-20(24)18-9-16(14(4)22)10-21(18)6/h7-10,15H,1-6H3/t15-/m0/s1. The first-order valence-electron chi connectivity index (χ1n) is 8.12. The van der Waals surface area contributed by atoms with Crippen LogP contribution in [0.4, 0.5) is 0 Å². The van der Waals surface area contributed by atoms with Crippen molar-refractivity contribution in [1.29, 1.82) is 0 Å². The molecule has 1 aromatic carbocycles. The molecule has 0 bridgehead atoms. The molecule has 0 aliphatic rings. The van der Waals surface area contributed by atoms with Crippen LogP contribution in [0.2, 0.25) is 0 Å². The van der Waals surface area contributed by atoms with Gasteiger partial charge in [0.15, 0.2) is 11.9 Å². The molecule has 5 heteroatoms. The number of carbonyl (C=O) groups is 3. The van der Waals surface area contributed by atoms with Crippen LogP contribution < -0.4 is 0 Å². The second kappa shape index (κ2) is 7.05. The highest BCUT2D eigenvalue weighted by atomic mass is 16.5. The first-order valence-corrected chi connectivity index (χ1v) is 8.12. The summed E-state index contributed by atoms with van der Waals surface area (Å²) in [5.74, 6) is -1.00. The van der Waals surface area contributed by atoms with Crippen LogP contribution in [0.15, 0.2) is 24.4 Å². The van der Waals surface area contributed by atoms with E-state index in [1.165, 1.54) is 17.6 Å². The van der Waals surface area contributed by atoms with Crippen LogP contribution >= 0.6 is 0 Å². The third-order valence-corrected chi connectivity index (χ3v) is 4.38. The number of aromatic nitrogens is 1. The molecule has 2 rings (SSSR count). The lowest BCUT2D eigenvalue weighted by Gasteiger charge is -2.15. The predicted octanol–water partition coefficient (Wildman–Crippen LogP) is 3.58. The molecule has 0 saturated heterocycles. The van der Waals surface area contributed by atoms with Crippen molar-refractivity contribution >= 4 is 17.5 Å². The molecule has 0 amide bonds. The fraction of sp³-hybridized carbons (Fsp3) is 0.350. The molecule has 25 heavy (non-hydrogen) atoms. The molecule has 0 aliphatic carbocycles. The number of benzene rings is 1. The smallest absolute Gasteiger partial charge is 0.355 e. The molecule has 2 aromatic rings. The maximum absolute atomic E-state index is 12.7. The Morgan fingerprint density at radius 1 is 1.00 bits per heavy atom. The highest BCUT2D eigenvalue weighted by molar-refractivity contribution is 6.03. The summed E-state index contributed by atoms with van der Waals surface area (Å²) >= 11 is 0. The molecule has 1 atom stereocenters. The van der Waals surface area contributed by atoms with E-state index in [1.807, 2.05) is 32.9 Å². The summed E-state index contributed by atoms with van der Waals surface area (Å²) < 4.78 is 6.86. The van der Waals surface area contributed by atoms with Crippen molar-refractivity contribution in [2.24, 2.45) is 7.05 Å². The molecule has 0 fully saturated rings. The van der Waals surface area contributed by atoms with Gasteiger partial charge in [-0.15, -0.1) is 0 Å². The van der Waals surface area contributed by atoms with Crippen molar-refractivity contribution in [3.63, 3.8) is 0 Å². The van der Waals surface area contributed by atoms with E-state index in [2.05, 4.69) is 0 Å². The SMILES string of the molecule is CC(=O)c1cc(C(=O)O[C@@H](C)C(=O)c2cc(C)c(C)cc2C)n(C)c1. The molecule has 0 saturated carbocycles. The average molecular weight is 341 g/mol. The Balaban J connectivity index is 2.20. The molecule has 132 valence electrons. The normalized spacial score (nSPS) is 11.9. The Morgan fingerprint density at radius 2 is 1.60 bits per heavy atom. The number of hydrogen-bond acceptors (Lipinski definition) is 4. The first kappa shape index (κ1) is 18.6. The number of Topliss-reactive ketones (excluding diaryl/α,β-unsaturated/α-hetero) is 2. The van der Waals surface area contributed by atoms with E-state index < -0.39 is 12.1 Å². The zero-order valence-corrected chi connectivity index (χ0v) is 15.5. The quantitative estimate of drug-likeness (QED) is 0.616. The van der Waals surface area contributed by atoms with E-state index in [-0.39, 0.29) is 17.3 Å². The monoisotopic (exact) mass is 341 g/mol. The van der Waals surface area contributed by atoms with Gasteiger partial charge in [0.05, 0.1) is 0 Å². The van der Waals surface area contributed by atoms with E-state index in [0.29, 0.717) is 11.1 Å². The van der Waals surface area contributed by atoms with Gasteiger partial charge in [0, 0.05) is 24.4 Å². The Labute approximate surface area is 147 Å². The largest absolute Gasteiger partial charge is 0.450 e. The van der Waals surface area contributed by atoms with Crippen molar-refractivity contribution in [3.05, 3.63) is 57.9 Å². The Hall–Kier alpha value is -2.69. The molecule has 5 nitrogen and oxygen atoms in total. The maximum atomic E-state index is 12.7. The van der Waals surface area contributed by atoms with Crippen LogP contribution in [0.1, 0.15) is 61.7 Å². The predicted molar refractivity (Wildman–Crippen MR) is 95.3 cm³/mol. The van der Waals surface area contributed by atoms with Gasteiger partial charge in [-0.25, -0.2) is 4.79 Å². The van der Waals surface area contributed by atoms with Gasteiger partial charge in [-0.2, -0.15) is 0 Å². The van der Waals surface area contributed by atoms with Crippen LogP contribution in [0, 0.1) is 20.8 Å². The third kappa shape index (κ3) is 3.87. The topological polar surface area (TPSA) is 65.4 Å². The Bertz CT molecular complexity index is 861. The molecular formula is C20H23NO4. The number of esters is 1. The van der Waals surface area contributed by atoms with Crippen molar-refractivity contribution in [2.75, 3.05) is 0 Å². The van der Waals surface area contributed by atoms with E-state index >= 15 is 0 Å². The van der Waals surface area contributed by atoms with Crippen LogP contribution in [0.5, 0.6) is 0 Å². The van der Waals surface area contributed by atoms with Gasteiger partial charge in [-0.05, 0) is 63.4 Å². The van der Waals surface area contributed by atoms with E-state index in [4.69, 9.17) is 4.74 Å². The highest BCUT2D eigenvalue weighted by Crippen LogP contribution is 2.19. The summed E-state index contributed by atoms with van der Waals surface area (Å²) in [6.45, 7) is 8.78.